The summed E-state index contributed by atoms with van der Waals surface area (Å²) in [5.41, 5.74) is 0.200. The van der Waals surface area contributed by atoms with E-state index in [1.807, 2.05) is 0 Å². The zero-order valence-electron chi connectivity index (χ0n) is 13.3. The molecule has 1 aliphatic rings. The third kappa shape index (κ3) is 3.23. The first kappa shape index (κ1) is 16.3. The lowest BCUT2D eigenvalue weighted by Gasteiger charge is -2.37. The van der Waals surface area contributed by atoms with Crippen LogP contribution in [0, 0.1) is 17.2 Å². The predicted octanol–water partition coefficient (Wildman–Crippen LogP) is 3.10. The quantitative estimate of drug-likeness (QED) is 0.927. The van der Waals surface area contributed by atoms with Crippen molar-refractivity contribution in [3.8, 4) is 11.8 Å². The molecule has 0 saturated heterocycles. The minimum Gasteiger partial charge on any atom is -0.495 e. The first-order valence-corrected chi connectivity index (χ1v) is 7.49. The molecule has 1 aromatic rings. The van der Waals surface area contributed by atoms with E-state index in [1.165, 1.54) is 7.11 Å². The average Bonchev–Trinajstić information content (AvgIpc) is 2.54. The van der Waals surface area contributed by atoms with Crippen LogP contribution >= 0.6 is 0 Å². The largest absolute Gasteiger partial charge is 0.495 e. The second-order valence-corrected chi connectivity index (χ2v) is 5.88. The fraction of sp³-hybridized carbons (Fsp3) is 0.529. The van der Waals surface area contributed by atoms with E-state index in [-0.39, 0.29) is 5.91 Å². The van der Waals surface area contributed by atoms with E-state index in [2.05, 4.69) is 18.3 Å². The predicted molar refractivity (Wildman–Crippen MR) is 83.7 cm³/mol. The Labute approximate surface area is 131 Å². The number of nitrogens with one attached hydrogen (secondary N) is 1. The van der Waals surface area contributed by atoms with Gasteiger partial charge in [0.25, 0.3) is 5.91 Å². The summed E-state index contributed by atoms with van der Waals surface area (Å²) in [4.78, 5) is 12.7. The van der Waals surface area contributed by atoms with Crippen LogP contribution in [0.5, 0.6) is 5.75 Å². The topological polar surface area (TPSA) is 71.3 Å². The maximum atomic E-state index is 12.7. The molecule has 22 heavy (non-hydrogen) atoms. The highest BCUT2D eigenvalue weighted by Gasteiger charge is 2.42. The van der Waals surface area contributed by atoms with Crippen LogP contribution in [-0.4, -0.2) is 25.7 Å². The normalized spacial score (nSPS) is 24.4. The molecule has 1 amide bonds. The van der Waals surface area contributed by atoms with Gasteiger partial charge in [-0.05, 0) is 43.4 Å². The Balaban J connectivity index is 2.19. The number of benzene rings is 1. The summed E-state index contributed by atoms with van der Waals surface area (Å²) in [6.45, 7) is 2.14. The van der Waals surface area contributed by atoms with Crippen LogP contribution < -0.4 is 10.1 Å². The van der Waals surface area contributed by atoms with Crippen LogP contribution in [-0.2, 0) is 9.53 Å². The van der Waals surface area contributed by atoms with E-state index in [1.54, 1.807) is 25.3 Å². The van der Waals surface area contributed by atoms with Crippen LogP contribution in [0.1, 0.15) is 38.2 Å². The molecule has 0 aromatic heterocycles. The van der Waals surface area contributed by atoms with Crippen molar-refractivity contribution >= 4 is 11.6 Å². The van der Waals surface area contributed by atoms with Gasteiger partial charge in [0, 0.05) is 12.8 Å². The van der Waals surface area contributed by atoms with Gasteiger partial charge in [-0.2, -0.15) is 5.26 Å². The minimum absolute atomic E-state index is 0.143. The van der Waals surface area contributed by atoms with Crippen molar-refractivity contribution in [2.75, 3.05) is 19.5 Å². The molecule has 0 bridgehead atoms. The smallest absolute Gasteiger partial charge is 0.256 e. The number of hydrogen-bond acceptors (Lipinski definition) is 4. The molecule has 1 N–H and O–H groups in total. The molecule has 0 heterocycles. The standard InChI is InChI=1S/C17H22N2O3/c1-12-5-4-8-17(10-12,22-3)16(20)19-14-6-7-15(21-2)13(9-14)11-18/h6-7,9,12H,4-5,8,10H2,1-3H3,(H,19,20). The van der Waals surface area contributed by atoms with Gasteiger partial charge in [0.2, 0.25) is 0 Å². The average molecular weight is 302 g/mol. The Morgan fingerprint density at radius 3 is 2.82 bits per heavy atom. The molecular weight excluding hydrogens is 280 g/mol. The number of amides is 1. The maximum Gasteiger partial charge on any atom is 0.256 e. The number of methoxy groups -OCH3 is 2. The summed E-state index contributed by atoms with van der Waals surface area (Å²) in [5.74, 6) is 0.814. The van der Waals surface area contributed by atoms with Gasteiger partial charge in [-0.3, -0.25) is 4.79 Å². The highest BCUT2D eigenvalue weighted by molar-refractivity contribution is 5.97. The van der Waals surface area contributed by atoms with Crippen LogP contribution in [0.2, 0.25) is 0 Å². The van der Waals surface area contributed by atoms with Crippen molar-refractivity contribution in [3.63, 3.8) is 0 Å². The number of nitrogens with zero attached hydrogens (tertiary/aromatic N) is 1. The molecule has 1 saturated carbocycles. The SMILES string of the molecule is COc1ccc(NC(=O)C2(OC)CCCC(C)C2)cc1C#N. The highest BCUT2D eigenvalue weighted by atomic mass is 16.5. The summed E-state index contributed by atoms with van der Waals surface area (Å²) in [5, 5.41) is 12.0. The number of hydrogen-bond donors (Lipinski definition) is 1. The van der Waals surface area contributed by atoms with Gasteiger partial charge in [0.05, 0.1) is 12.7 Å². The molecule has 0 aliphatic heterocycles. The number of nitriles is 1. The van der Waals surface area contributed by atoms with Gasteiger partial charge >= 0.3 is 0 Å². The maximum absolute atomic E-state index is 12.7. The van der Waals surface area contributed by atoms with Crippen molar-refractivity contribution in [3.05, 3.63) is 23.8 Å². The number of carbonyl (C=O) groups excluding carboxylic acids is 1. The second kappa shape index (κ2) is 6.80. The Morgan fingerprint density at radius 2 is 2.23 bits per heavy atom. The summed E-state index contributed by atoms with van der Waals surface area (Å²) in [6, 6.07) is 7.09. The second-order valence-electron chi connectivity index (χ2n) is 5.88. The lowest BCUT2D eigenvalue weighted by molar-refractivity contribution is -0.143. The van der Waals surface area contributed by atoms with Crippen molar-refractivity contribution in [2.24, 2.45) is 5.92 Å². The molecular formula is C17H22N2O3. The molecule has 0 spiro atoms. The summed E-state index contributed by atoms with van der Waals surface area (Å²) in [6.07, 6.45) is 3.55. The van der Waals surface area contributed by atoms with Crippen molar-refractivity contribution in [1.29, 1.82) is 5.26 Å². The lowest BCUT2D eigenvalue weighted by atomic mass is 9.78. The Morgan fingerprint density at radius 1 is 1.45 bits per heavy atom. The van der Waals surface area contributed by atoms with Gasteiger partial charge < -0.3 is 14.8 Å². The molecule has 1 aliphatic carbocycles. The Hall–Kier alpha value is -2.06. The monoisotopic (exact) mass is 302 g/mol. The summed E-state index contributed by atoms with van der Waals surface area (Å²) in [7, 11) is 3.10. The molecule has 2 unspecified atom stereocenters. The van der Waals surface area contributed by atoms with Gasteiger partial charge in [0.15, 0.2) is 0 Å². The molecule has 118 valence electrons. The zero-order chi connectivity index (χ0) is 16.2. The van der Waals surface area contributed by atoms with Crippen LogP contribution in [0.4, 0.5) is 5.69 Å². The van der Waals surface area contributed by atoms with E-state index in [0.29, 0.717) is 22.9 Å². The first-order chi connectivity index (χ1) is 10.5. The fourth-order valence-corrected chi connectivity index (χ4v) is 3.11. The number of ether oxygens (including phenoxy) is 2. The molecule has 1 aromatic carbocycles. The molecule has 1 fully saturated rings. The van der Waals surface area contributed by atoms with E-state index in [4.69, 9.17) is 14.7 Å². The number of rotatable bonds is 4. The van der Waals surface area contributed by atoms with Crippen molar-refractivity contribution < 1.29 is 14.3 Å². The third-order valence-electron chi connectivity index (χ3n) is 4.34. The third-order valence-corrected chi connectivity index (χ3v) is 4.34. The van der Waals surface area contributed by atoms with E-state index >= 15 is 0 Å². The fourth-order valence-electron chi connectivity index (χ4n) is 3.11. The number of carbonyl (C=O) groups is 1. The van der Waals surface area contributed by atoms with Crippen LogP contribution in [0.3, 0.4) is 0 Å². The van der Waals surface area contributed by atoms with E-state index in [9.17, 15) is 4.79 Å². The molecule has 5 heteroatoms. The summed E-state index contributed by atoms with van der Waals surface area (Å²) < 4.78 is 10.7. The van der Waals surface area contributed by atoms with Gasteiger partial charge in [0.1, 0.15) is 17.4 Å². The molecule has 0 radical (unpaired) electrons. The van der Waals surface area contributed by atoms with Gasteiger partial charge in [-0.1, -0.05) is 13.3 Å². The lowest BCUT2D eigenvalue weighted by Crippen LogP contribution is -2.47. The molecule has 5 nitrogen and oxygen atoms in total. The van der Waals surface area contributed by atoms with Crippen LogP contribution in [0.15, 0.2) is 18.2 Å². The van der Waals surface area contributed by atoms with Crippen molar-refractivity contribution in [1.82, 2.24) is 0 Å². The minimum atomic E-state index is -0.773. The van der Waals surface area contributed by atoms with Gasteiger partial charge in [-0.15, -0.1) is 0 Å². The molecule has 2 rings (SSSR count). The van der Waals surface area contributed by atoms with Crippen LogP contribution in [0.25, 0.3) is 0 Å². The first-order valence-electron chi connectivity index (χ1n) is 7.49. The highest BCUT2D eigenvalue weighted by Crippen LogP contribution is 2.36. The Bertz CT molecular complexity index is 594. The van der Waals surface area contributed by atoms with E-state index in [0.717, 1.165) is 25.7 Å². The Kier molecular flexibility index (Phi) is 5.04. The van der Waals surface area contributed by atoms with Gasteiger partial charge in [-0.25, -0.2) is 0 Å². The molecule has 2 atom stereocenters. The number of anilines is 1. The van der Waals surface area contributed by atoms with E-state index < -0.39 is 5.60 Å². The summed E-state index contributed by atoms with van der Waals surface area (Å²) >= 11 is 0. The zero-order valence-corrected chi connectivity index (χ0v) is 13.3. The van der Waals surface area contributed by atoms with Crippen molar-refractivity contribution in [2.45, 2.75) is 38.2 Å².